The third kappa shape index (κ3) is 2.24. The fraction of sp³-hybridized carbons (Fsp3) is 0.667. The van der Waals surface area contributed by atoms with Gasteiger partial charge in [0.25, 0.3) is 0 Å². The van der Waals surface area contributed by atoms with Crippen molar-refractivity contribution in [3.05, 3.63) is 22.5 Å². The van der Waals surface area contributed by atoms with Crippen LogP contribution in [0.15, 0.2) is 0 Å². The smallest absolute Gasteiger partial charge is 0.0487 e. The van der Waals surface area contributed by atoms with E-state index in [0.29, 0.717) is 5.92 Å². The van der Waals surface area contributed by atoms with E-state index < -0.39 is 0 Å². The van der Waals surface area contributed by atoms with Gasteiger partial charge in [0.1, 0.15) is 0 Å². The average molecular weight is 247 g/mol. The molecule has 1 atom stereocenters. The van der Waals surface area contributed by atoms with Gasteiger partial charge in [-0.05, 0) is 63.2 Å². The number of anilines is 1. The van der Waals surface area contributed by atoms with Crippen LogP contribution >= 0.6 is 0 Å². The Balaban J connectivity index is 0.000000367. The molecule has 18 heavy (non-hydrogen) atoms. The maximum absolute atomic E-state index is 4.88. The summed E-state index contributed by atoms with van der Waals surface area (Å²) in [5, 5.41) is 6.16. The molecule has 0 saturated carbocycles. The van der Waals surface area contributed by atoms with E-state index in [4.69, 9.17) is 4.98 Å². The molecule has 0 aliphatic heterocycles. The van der Waals surface area contributed by atoms with Gasteiger partial charge in [0.05, 0.1) is 0 Å². The Morgan fingerprint density at radius 3 is 2.44 bits per heavy atom. The highest BCUT2D eigenvalue weighted by atomic mass is 14.9. The number of aromatic nitrogens is 1. The van der Waals surface area contributed by atoms with Crippen LogP contribution in [0.3, 0.4) is 0 Å². The largest absolute Gasteiger partial charge is 0.388 e. The zero-order valence-electron chi connectivity index (χ0n) is 12.1. The second-order valence-corrected chi connectivity index (χ2v) is 5.32. The molecule has 0 spiro atoms. The van der Waals surface area contributed by atoms with Crippen molar-refractivity contribution in [2.75, 3.05) is 26.5 Å². The summed E-state index contributed by atoms with van der Waals surface area (Å²) in [5.74, 6) is 0.665. The summed E-state index contributed by atoms with van der Waals surface area (Å²) in [6, 6.07) is 0. The van der Waals surface area contributed by atoms with Crippen molar-refractivity contribution in [1.82, 2.24) is 10.3 Å². The number of fused-ring (bicyclic) bond motifs is 2. The van der Waals surface area contributed by atoms with Crippen LogP contribution in [0.1, 0.15) is 48.2 Å². The van der Waals surface area contributed by atoms with Crippen molar-refractivity contribution in [3.63, 3.8) is 0 Å². The molecule has 0 aromatic carbocycles. The monoisotopic (exact) mass is 247 g/mol. The fourth-order valence-corrected chi connectivity index (χ4v) is 3.10. The normalized spacial score (nSPS) is 19.9. The number of nitrogens with zero attached hydrogens (tertiary/aromatic N) is 1. The Kier molecular flexibility index (Phi) is 4.23. The van der Waals surface area contributed by atoms with Gasteiger partial charge in [-0.1, -0.05) is 6.92 Å². The number of pyridine rings is 1. The number of aryl methyl sites for hydroxylation is 1. The molecule has 3 rings (SSSR count). The van der Waals surface area contributed by atoms with E-state index in [-0.39, 0.29) is 0 Å². The second-order valence-electron chi connectivity index (χ2n) is 5.32. The molecule has 1 heterocycles. The topological polar surface area (TPSA) is 37.0 Å². The molecule has 0 bridgehead atoms. The summed E-state index contributed by atoms with van der Waals surface area (Å²) in [5.41, 5.74) is 7.17. The molecule has 0 radical (unpaired) electrons. The van der Waals surface area contributed by atoms with Crippen LogP contribution in [0.2, 0.25) is 0 Å². The Bertz CT molecular complexity index is 426. The van der Waals surface area contributed by atoms with Gasteiger partial charge in [-0.3, -0.25) is 4.98 Å². The first kappa shape index (κ1) is 13.3. The summed E-state index contributed by atoms with van der Waals surface area (Å²) in [7, 11) is 5.80. The van der Waals surface area contributed by atoms with Gasteiger partial charge in [0, 0.05) is 24.1 Å². The summed E-state index contributed by atoms with van der Waals surface area (Å²) in [6.45, 7) is 2.31. The molecule has 1 unspecified atom stereocenters. The van der Waals surface area contributed by atoms with Crippen molar-refractivity contribution < 1.29 is 0 Å². The van der Waals surface area contributed by atoms with Crippen molar-refractivity contribution in [1.29, 1.82) is 0 Å². The van der Waals surface area contributed by atoms with E-state index in [1.807, 2.05) is 14.1 Å². The van der Waals surface area contributed by atoms with Crippen LogP contribution in [0.4, 0.5) is 5.69 Å². The summed E-state index contributed by atoms with van der Waals surface area (Å²) in [4.78, 5) is 4.88. The number of nitrogens with one attached hydrogen (secondary N) is 2. The van der Waals surface area contributed by atoms with Crippen LogP contribution < -0.4 is 10.6 Å². The first-order chi connectivity index (χ1) is 8.72. The summed E-state index contributed by atoms with van der Waals surface area (Å²) < 4.78 is 0. The maximum atomic E-state index is 4.88. The third-order valence-corrected chi connectivity index (χ3v) is 3.90. The van der Waals surface area contributed by atoms with Gasteiger partial charge in [0.15, 0.2) is 0 Å². The van der Waals surface area contributed by atoms with Gasteiger partial charge < -0.3 is 10.6 Å². The predicted molar refractivity (Wildman–Crippen MR) is 77.5 cm³/mol. The maximum Gasteiger partial charge on any atom is 0.0487 e. The Hall–Kier alpha value is -1.09. The molecule has 100 valence electrons. The van der Waals surface area contributed by atoms with Crippen LogP contribution in [-0.4, -0.2) is 26.1 Å². The highest BCUT2D eigenvalue weighted by Crippen LogP contribution is 2.40. The summed E-state index contributed by atoms with van der Waals surface area (Å²) >= 11 is 0. The van der Waals surface area contributed by atoms with Crippen LogP contribution in [-0.2, 0) is 19.3 Å². The first-order valence-electron chi connectivity index (χ1n) is 7.03. The summed E-state index contributed by atoms with van der Waals surface area (Å²) in [6.07, 6.45) is 6.19. The molecule has 2 N–H and O–H groups in total. The molecule has 2 aliphatic carbocycles. The number of hydrogen-bond acceptors (Lipinski definition) is 3. The molecule has 3 heteroatoms. The Labute approximate surface area is 110 Å². The quantitative estimate of drug-likeness (QED) is 0.800. The zero-order valence-corrected chi connectivity index (χ0v) is 12.1. The molecule has 2 aliphatic rings. The molecular formula is C15H25N3. The minimum Gasteiger partial charge on any atom is -0.388 e. The van der Waals surface area contributed by atoms with Gasteiger partial charge in [-0.25, -0.2) is 0 Å². The van der Waals surface area contributed by atoms with Gasteiger partial charge in [0.2, 0.25) is 0 Å². The molecule has 1 aromatic rings. The minimum absolute atomic E-state index is 0.665. The standard InChI is InChI=1S/C13H18N2.C2H7N/c1-8-6-7-10-12(8)15-11-5-3-4-9(11)13(10)14-2;1-3-2/h8H,3-7H2,1-2H3,(H,14,15);3H,1-2H3. The predicted octanol–water partition coefficient (Wildman–Crippen LogP) is 2.50. The highest BCUT2D eigenvalue weighted by Gasteiger charge is 2.28. The number of hydrogen-bond donors (Lipinski definition) is 2. The second kappa shape index (κ2) is 5.70. The van der Waals surface area contributed by atoms with Gasteiger partial charge in [-0.2, -0.15) is 0 Å². The third-order valence-electron chi connectivity index (χ3n) is 3.90. The van der Waals surface area contributed by atoms with E-state index in [2.05, 4.69) is 24.6 Å². The first-order valence-corrected chi connectivity index (χ1v) is 7.03. The van der Waals surface area contributed by atoms with Crippen LogP contribution in [0.5, 0.6) is 0 Å². The molecule has 0 amide bonds. The molecular weight excluding hydrogens is 222 g/mol. The van der Waals surface area contributed by atoms with Crippen molar-refractivity contribution in [2.45, 2.75) is 44.9 Å². The van der Waals surface area contributed by atoms with Crippen molar-refractivity contribution >= 4 is 5.69 Å². The molecule has 0 saturated heterocycles. The molecule has 0 fully saturated rings. The van der Waals surface area contributed by atoms with E-state index in [0.717, 1.165) is 0 Å². The molecule has 3 nitrogen and oxygen atoms in total. The highest BCUT2D eigenvalue weighted by molar-refractivity contribution is 5.63. The Morgan fingerprint density at radius 2 is 1.78 bits per heavy atom. The minimum atomic E-state index is 0.665. The van der Waals surface area contributed by atoms with Crippen molar-refractivity contribution in [2.24, 2.45) is 0 Å². The lowest BCUT2D eigenvalue weighted by atomic mass is 10.0. The van der Waals surface area contributed by atoms with Gasteiger partial charge >= 0.3 is 0 Å². The average Bonchev–Trinajstić information content (AvgIpc) is 2.95. The van der Waals surface area contributed by atoms with Gasteiger partial charge in [-0.15, -0.1) is 0 Å². The van der Waals surface area contributed by atoms with E-state index in [9.17, 15) is 0 Å². The van der Waals surface area contributed by atoms with Crippen LogP contribution in [0.25, 0.3) is 0 Å². The number of rotatable bonds is 1. The van der Waals surface area contributed by atoms with E-state index >= 15 is 0 Å². The SMILES string of the molecule is CNC.CNc1c2c(nc3c1CCC3C)CCC2. The fourth-order valence-electron chi connectivity index (χ4n) is 3.10. The van der Waals surface area contributed by atoms with E-state index in [1.54, 1.807) is 0 Å². The van der Waals surface area contributed by atoms with Crippen molar-refractivity contribution in [3.8, 4) is 0 Å². The molecule has 1 aromatic heterocycles. The lowest BCUT2D eigenvalue weighted by molar-refractivity contribution is 0.726. The lowest BCUT2D eigenvalue weighted by Gasteiger charge is -2.14. The lowest BCUT2D eigenvalue weighted by Crippen LogP contribution is -2.04. The van der Waals surface area contributed by atoms with Crippen LogP contribution in [0, 0.1) is 0 Å². The zero-order chi connectivity index (χ0) is 13.1. The Morgan fingerprint density at radius 1 is 1.06 bits per heavy atom. The van der Waals surface area contributed by atoms with E-state index in [1.165, 1.54) is 60.3 Å².